The lowest BCUT2D eigenvalue weighted by Gasteiger charge is -2.23. The molecule has 160 valence electrons. The predicted molar refractivity (Wildman–Crippen MR) is 102 cm³/mol. The number of aromatic nitrogens is 2. The van der Waals surface area contributed by atoms with Gasteiger partial charge in [-0.25, -0.2) is 9.97 Å². The molecule has 10 heteroatoms. The van der Waals surface area contributed by atoms with E-state index < -0.39 is 18.8 Å². The van der Waals surface area contributed by atoms with Gasteiger partial charge in [-0.3, -0.25) is 9.59 Å². The number of halogens is 3. The van der Waals surface area contributed by atoms with E-state index in [0.717, 1.165) is 19.3 Å². The number of hydrogen-bond acceptors (Lipinski definition) is 5. The number of amides is 2. The summed E-state index contributed by atoms with van der Waals surface area (Å²) in [5, 5.41) is 5.49. The number of hydrogen-bond donors (Lipinski definition) is 2. The lowest BCUT2D eigenvalue weighted by atomic mass is 9.85. The van der Waals surface area contributed by atoms with Crippen molar-refractivity contribution in [2.75, 3.05) is 11.9 Å². The molecule has 1 aliphatic carbocycles. The molecule has 2 amide bonds. The molecular weight excluding hydrogens is 401 g/mol. The minimum Gasteiger partial charge on any atom is -0.468 e. The van der Waals surface area contributed by atoms with Crippen molar-refractivity contribution in [2.24, 2.45) is 5.92 Å². The molecule has 30 heavy (non-hydrogen) atoms. The van der Waals surface area contributed by atoms with Crippen molar-refractivity contribution < 1.29 is 27.5 Å². The Bertz CT molecular complexity index is 899. The number of nitrogens with one attached hydrogen (secondary N) is 2. The maximum atomic E-state index is 12.5. The Morgan fingerprint density at radius 3 is 2.60 bits per heavy atom. The Hall–Kier alpha value is -3.17. The van der Waals surface area contributed by atoms with Gasteiger partial charge in [-0.05, 0) is 37.5 Å². The fraction of sp³-hybridized carbons (Fsp3) is 0.400. The van der Waals surface area contributed by atoms with Crippen LogP contribution in [0.15, 0.2) is 36.7 Å². The van der Waals surface area contributed by atoms with E-state index in [9.17, 15) is 22.8 Å². The minimum atomic E-state index is -4.44. The molecule has 0 radical (unpaired) electrons. The molecule has 0 saturated heterocycles. The summed E-state index contributed by atoms with van der Waals surface area (Å²) >= 11 is 0. The third kappa shape index (κ3) is 5.91. The number of carbonyl (C=O) groups is 2. The van der Waals surface area contributed by atoms with Crippen molar-refractivity contribution in [1.82, 2.24) is 15.3 Å². The van der Waals surface area contributed by atoms with Crippen LogP contribution in [0.25, 0.3) is 0 Å². The summed E-state index contributed by atoms with van der Waals surface area (Å²) in [6, 6.07) is 5.39. The molecule has 0 aliphatic heterocycles. The average Bonchev–Trinajstić information content (AvgIpc) is 2.65. The number of rotatable bonds is 7. The molecule has 1 fully saturated rings. The summed E-state index contributed by atoms with van der Waals surface area (Å²) in [5.74, 6) is -0.337. The summed E-state index contributed by atoms with van der Waals surface area (Å²) in [4.78, 5) is 32.5. The first-order valence-corrected chi connectivity index (χ1v) is 9.44. The topological polar surface area (TPSA) is 93.2 Å². The van der Waals surface area contributed by atoms with E-state index in [-0.39, 0.29) is 23.6 Å². The van der Waals surface area contributed by atoms with Crippen molar-refractivity contribution in [3.05, 3.63) is 47.8 Å². The molecule has 0 aromatic carbocycles. The highest BCUT2D eigenvalue weighted by atomic mass is 19.4. The van der Waals surface area contributed by atoms with Crippen LogP contribution in [0.5, 0.6) is 5.88 Å². The number of anilines is 1. The molecule has 1 atom stereocenters. The molecular formula is C20H21F3N4O3. The monoisotopic (exact) mass is 422 g/mol. The lowest BCUT2D eigenvalue weighted by molar-refractivity contribution is -0.154. The van der Waals surface area contributed by atoms with Crippen LogP contribution in [0.2, 0.25) is 0 Å². The number of carbonyl (C=O) groups excluding carboxylic acids is 2. The van der Waals surface area contributed by atoms with Gasteiger partial charge in [0.05, 0.1) is 6.04 Å². The van der Waals surface area contributed by atoms with Crippen molar-refractivity contribution in [3.8, 4) is 5.88 Å². The van der Waals surface area contributed by atoms with Gasteiger partial charge in [-0.15, -0.1) is 0 Å². The normalized spacial score (nSPS) is 15.1. The Balaban J connectivity index is 1.57. The number of ether oxygens (including phenoxy) is 1. The number of alkyl halides is 3. The van der Waals surface area contributed by atoms with Crippen LogP contribution >= 0.6 is 0 Å². The summed E-state index contributed by atoms with van der Waals surface area (Å²) in [5.41, 5.74) is 0.911. The average molecular weight is 422 g/mol. The van der Waals surface area contributed by atoms with E-state index in [2.05, 4.69) is 25.3 Å². The highest BCUT2D eigenvalue weighted by Crippen LogP contribution is 2.27. The smallest absolute Gasteiger partial charge is 0.422 e. The van der Waals surface area contributed by atoms with Gasteiger partial charge in [0.1, 0.15) is 5.82 Å². The largest absolute Gasteiger partial charge is 0.468 e. The summed E-state index contributed by atoms with van der Waals surface area (Å²) < 4.78 is 41.1. The fourth-order valence-corrected chi connectivity index (χ4v) is 2.79. The molecule has 1 aliphatic rings. The summed E-state index contributed by atoms with van der Waals surface area (Å²) in [7, 11) is 0. The van der Waals surface area contributed by atoms with Gasteiger partial charge in [0.25, 0.3) is 5.91 Å². The van der Waals surface area contributed by atoms with Gasteiger partial charge in [-0.2, -0.15) is 13.2 Å². The van der Waals surface area contributed by atoms with Gasteiger partial charge in [0.15, 0.2) is 6.61 Å². The second kappa shape index (κ2) is 9.10. The SMILES string of the molecule is CC(NC(=O)c1ccnc(NC(=O)C2CCC2)c1)c1ccc(OCC(F)(F)F)nc1. The van der Waals surface area contributed by atoms with Gasteiger partial charge in [0, 0.05) is 29.9 Å². The van der Waals surface area contributed by atoms with Crippen molar-refractivity contribution in [3.63, 3.8) is 0 Å². The zero-order valence-corrected chi connectivity index (χ0v) is 16.2. The van der Waals surface area contributed by atoms with E-state index in [1.165, 1.54) is 36.7 Å². The van der Waals surface area contributed by atoms with Crippen LogP contribution in [0.4, 0.5) is 19.0 Å². The Morgan fingerprint density at radius 2 is 2.00 bits per heavy atom. The molecule has 0 bridgehead atoms. The Morgan fingerprint density at radius 1 is 1.23 bits per heavy atom. The highest BCUT2D eigenvalue weighted by molar-refractivity contribution is 5.97. The van der Waals surface area contributed by atoms with E-state index in [1.54, 1.807) is 6.92 Å². The lowest BCUT2D eigenvalue weighted by Crippen LogP contribution is -2.29. The van der Waals surface area contributed by atoms with Crippen molar-refractivity contribution >= 4 is 17.6 Å². The van der Waals surface area contributed by atoms with E-state index in [4.69, 9.17) is 0 Å². The summed E-state index contributed by atoms with van der Waals surface area (Å²) in [6.45, 7) is 0.291. The van der Waals surface area contributed by atoms with Crippen molar-refractivity contribution in [1.29, 1.82) is 0 Å². The molecule has 1 unspecified atom stereocenters. The fourth-order valence-electron chi connectivity index (χ4n) is 2.79. The van der Waals surface area contributed by atoms with Crippen LogP contribution in [0.3, 0.4) is 0 Å². The van der Waals surface area contributed by atoms with Crippen LogP contribution < -0.4 is 15.4 Å². The van der Waals surface area contributed by atoms with Crippen LogP contribution in [0, 0.1) is 5.92 Å². The van der Waals surface area contributed by atoms with Crippen LogP contribution in [-0.4, -0.2) is 34.6 Å². The predicted octanol–water partition coefficient (Wildman–Crippen LogP) is 3.65. The third-order valence-corrected chi connectivity index (χ3v) is 4.74. The van der Waals surface area contributed by atoms with E-state index in [0.29, 0.717) is 16.9 Å². The zero-order chi connectivity index (χ0) is 21.7. The third-order valence-electron chi connectivity index (χ3n) is 4.74. The van der Waals surface area contributed by atoms with Crippen molar-refractivity contribution in [2.45, 2.75) is 38.4 Å². The first kappa shape index (κ1) is 21.5. The maximum absolute atomic E-state index is 12.5. The van der Waals surface area contributed by atoms with Crippen LogP contribution in [-0.2, 0) is 4.79 Å². The molecule has 2 heterocycles. The minimum absolute atomic E-state index is 0.000104. The number of pyridine rings is 2. The van der Waals surface area contributed by atoms with Gasteiger partial charge in [-0.1, -0.05) is 12.5 Å². The Kier molecular flexibility index (Phi) is 6.53. The maximum Gasteiger partial charge on any atom is 0.422 e. The molecule has 0 spiro atoms. The second-order valence-electron chi connectivity index (χ2n) is 7.08. The van der Waals surface area contributed by atoms with Gasteiger partial charge in [0.2, 0.25) is 11.8 Å². The molecule has 7 nitrogen and oxygen atoms in total. The first-order valence-electron chi connectivity index (χ1n) is 9.44. The molecule has 2 aromatic rings. The molecule has 2 N–H and O–H groups in total. The second-order valence-corrected chi connectivity index (χ2v) is 7.08. The summed E-state index contributed by atoms with van der Waals surface area (Å²) in [6.07, 6.45) is 1.09. The van der Waals surface area contributed by atoms with Gasteiger partial charge >= 0.3 is 6.18 Å². The molecule has 3 rings (SSSR count). The Labute approximate surface area is 171 Å². The zero-order valence-electron chi connectivity index (χ0n) is 16.2. The quantitative estimate of drug-likeness (QED) is 0.711. The molecule has 1 saturated carbocycles. The highest BCUT2D eigenvalue weighted by Gasteiger charge is 2.28. The molecule has 2 aromatic heterocycles. The van der Waals surface area contributed by atoms with E-state index >= 15 is 0 Å². The standard InChI is InChI=1S/C20H21F3N4O3/c1-12(15-5-6-17(25-10-15)30-11-20(21,22)23)26-19(29)14-7-8-24-16(9-14)27-18(28)13-3-2-4-13/h5-10,12-13H,2-4,11H2,1H3,(H,26,29)(H,24,27,28). The number of nitrogens with zero attached hydrogens (tertiary/aromatic N) is 2. The van der Waals surface area contributed by atoms with Crippen LogP contribution in [0.1, 0.15) is 48.1 Å². The first-order chi connectivity index (χ1) is 14.2. The van der Waals surface area contributed by atoms with Gasteiger partial charge < -0.3 is 15.4 Å². The van der Waals surface area contributed by atoms with E-state index in [1.807, 2.05) is 0 Å².